The summed E-state index contributed by atoms with van der Waals surface area (Å²) in [5, 5.41) is 26.3. The van der Waals surface area contributed by atoms with Gasteiger partial charge < -0.3 is 30.5 Å². The lowest BCUT2D eigenvalue weighted by Crippen LogP contribution is -2.32. The number of aliphatic hydroxyl groups excluding tert-OH is 1. The molecule has 12 nitrogen and oxygen atoms in total. The van der Waals surface area contributed by atoms with Crippen LogP contribution in [0.4, 0.5) is 15.3 Å². The van der Waals surface area contributed by atoms with Crippen LogP contribution in [0.25, 0.3) is 0 Å². The first-order valence-electron chi connectivity index (χ1n) is 14.2. The number of unbranched alkanes of at least 4 members (excludes halogenated alkanes) is 1. The summed E-state index contributed by atoms with van der Waals surface area (Å²) in [6, 6.07) is 15.0. The third kappa shape index (κ3) is 10.9. The molecule has 12 heteroatoms. The molecule has 0 spiro atoms. The molecule has 1 heterocycles. The predicted molar refractivity (Wildman–Crippen MR) is 161 cm³/mol. The number of hydrogen-bond donors (Lipinski definition) is 4. The highest BCUT2D eigenvalue weighted by Crippen LogP contribution is 2.23. The molecular formula is C31H40N6O6. The second kappa shape index (κ2) is 17.3. The number of hydrogen-bond acceptors (Lipinski definition) is 8. The second-order valence-corrected chi connectivity index (χ2v) is 10.2. The highest BCUT2D eigenvalue weighted by Gasteiger charge is 2.27. The smallest absolute Gasteiger partial charge is 0.408 e. The first-order chi connectivity index (χ1) is 20.8. The van der Waals surface area contributed by atoms with Crippen molar-refractivity contribution in [3.63, 3.8) is 0 Å². The standard InChI is InChI=1S/C31H40N6O6/c1-4-18-42-30(40)32-17-9-8-12-27(29(39)33-25-15-13-23(20-38)14-16-25)37-19-26(35-36-37)28(22(2)3)34-31(41)43-21-24-10-6-5-7-11-24/h4-7,10-11,13-16,19,22,27-28,38H,1,8-9,12,17-18,20-21H2,2-3H3,(H,32,40)(H,33,39)(H,34,41)/t27-,28+/m0/s1. The van der Waals surface area contributed by atoms with Crippen molar-refractivity contribution in [2.75, 3.05) is 18.5 Å². The van der Waals surface area contributed by atoms with Gasteiger partial charge in [0.2, 0.25) is 5.91 Å². The van der Waals surface area contributed by atoms with E-state index < -0.39 is 24.3 Å². The van der Waals surface area contributed by atoms with Gasteiger partial charge in [-0.25, -0.2) is 14.3 Å². The van der Waals surface area contributed by atoms with Gasteiger partial charge in [-0.1, -0.05) is 74.2 Å². The van der Waals surface area contributed by atoms with Crippen LogP contribution < -0.4 is 16.0 Å². The van der Waals surface area contributed by atoms with Crippen molar-refractivity contribution >= 4 is 23.8 Å². The Labute approximate surface area is 251 Å². The number of rotatable bonds is 16. The average molecular weight is 593 g/mol. The molecule has 3 amide bonds. The van der Waals surface area contributed by atoms with Gasteiger partial charge in [0.15, 0.2) is 0 Å². The van der Waals surface area contributed by atoms with Crippen molar-refractivity contribution in [1.29, 1.82) is 0 Å². The summed E-state index contributed by atoms with van der Waals surface area (Å²) in [6.07, 6.45) is 3.63. The normalized spacial score (nSPS) is 12.2. The van der Waals surface area contributed by atoms with Crippen LogP contribution in [0, 0.1) is 5.92 Å². The summed E-state index contributed by atoms with van der Waals surface area (Å²) >= 11 is 0. The number of benzene rings is 2. The molecule has 3 aromatic rings. The SMILES string of the molecule is C=CCOC(=O)NCCCC[C@@H](C(=O)Nc1ccc(CO)cc1)n1cc([C@H](NC(=O)OCc2ccccc2)C(C)C)nn1. The summed E-state index contributed by atoms with van der Waals surface area (Å²) in [5.41, 5.74) is 2.66. The van der Waals surface area contributed by atoms with E-state index >= 15 is 0 Å². The lowest BCUT2D eigenvalue weighted by atomic mass is 10.0. The Balaban J connectivity index is 1.68. The molecule has 3 rings (SSSR count). The molecule has 43 heavy (non-hydrogen) atoms. The second-order valence-electron chi connectivity index (χ2n) is 10.2. The van der Waals surface area contributed by atoms with Gasteiger partial charge in [-0.15, -0.1) is 5.10 Å². The maximum atomic E-state index is 13.4. The molecule has 0 aliphatic carbocycles. The van der Waals surface area contributed by atoms with Crippen LogP contribution in [0.1, 0.15) is 62.0 Å². The highest BCUT2D eigenvalue weighted by molar-refractivity contribution is 5.93. The van der Waals surface area contributed by atoms with Crippen LogP contribution in [-0.2, 0) is 27.5 Å². The number of aliphatic hydroxyl groups is 1. The van der Waals surface area contributed by atoms with Gasteiger partial charge in [0, 0.05) is 12.2 Å². The van der Waals surface area contributed by atoms with Gasteiger partial charge >= 0.3 is 12.2 Å². The van der Waals surface area contributed by atoms with Crippen LogP contribution >= 0.6 is 0 Å². The molecule has 2 aromatic carbocycles. The minimum absolute atomic E-state index is 0.0429. The minimum atomic E-state index is -0.718. The maximum absolute atomic E-state index is 13.4. The molecular weight excluding hydrogens is 552 g/mol. The maximum Gasteiger partial charge on any atom is 0.408 e. The van der Waals surface area contributed by atoms with Crippen LogP contribution in [0.2, 0.25) is 0 Å². The van der Waals surface area contributed by atoms with E-state index in [-0.39, 0.29) is 31.6 Å². The van der Waals surface area contributed by atoms with E-state index in [4.69, 9.17) is 9.47 Å². The Kier molecular flexibility index (Phi) is 13.2. The molecule has 0 unspecified atom stereocenters. The third-order valence-electron chi connectivity index (χ3n) is 6.53. The van der Waals surface area contributed by atoms with Gasteiger partial charge in [-0.3, -0.25) is 4.79 Å². The van der Waals surface area contributed by atoms with E-state index in [9.17, 15) is 19.5 Å². The van der Waals surface area contributed by atoms with Crippen molar-refractivity contribution in [2.24, 2.45) is 5.92 Å². The zero-order valence-electron chi connectivity index (χ0n) is 24.6. The van der Waals surface area contributed by atoms with E-state index in [1.165, 1.54) is 10.8 Å². The number of carbonyl (C=O) groups excluding carboxylic acids is 3. The third-order valence-corrected chi connectivity index (χ3v) is 6.53. The van der Waals surface area contributed by atoms with Crippen LogP contribution in [-0.4, -0.2) is 51.3 Å². The van der Waals surface area contributed by atoms with Gasteiger partial charge in [0.1, 0.15) is 24.9 Å². The van der Waals surface area contributed by atoms with Gasteiger partial charge in [-0.2, -0.15) is 0 Å². The zero-order chi connectivity index (χ0) is 31.0. The van der Waals surface area contributed by atoms with Crippen LogP contribution in [0.5, 0.6) is 0 Å². The Morgan fingerprint density at radius 2 is 1.74 bits per heavy atom. The minimum Gasteiger partial charge on any atom is -0.445 e. The number of nitrogens with one attached hydrogen (secondary N) is 3. The van der Waals surface area contributed by atoms with E-state index in [1.807, 2.05) is 44.2 Å². The van der Waals surface area contributed by atoms with Crippen molar-refractivity contribution < 1.29 is 29.0 Å². The predicted octanol–water partition coefficient (Wildman–Crippen LogP) is 4.66. The lowest BCUT2D eigenvalue weighted by Gasteiger charge is -2.20. The Morgan fingerprint density at radius 3 is 2.42 bits per heavy atom. The van der Waals surface area contributed by atoms with E-state index in [0.29, 0.717) is 37.2 Å². The number of anilines is 1. The van der Waals surface area contributed by atoms with E-state index in [0.717, 1.165) is 11.1 Å². The lowest BCUT2D eigenvalue weighted by molar-refractivity contribution is -0.119. The van der Waals surface area contributed by atoms with Crippen LogP contribution in [0.3, 0.4) is 0 Å². The number of carbonyl (C=O) groups is 3. The molecule has 0 aliphatic heterocycles. The number of nitrogens with zero attached hydrogens (tertiary/aromatic N) is 3. The van der Waals surface area contributed by atoms with Crippen molar-refractivity contribution in [2.45, 2.75) is 58.4 Å². The summed E-state index contributed by atoms with van der Waals surface area (Å²) in [4.78, 5) is 37.7. The molecule has 0 saturated carbocycles. The molecule has 0 radical (unpaired) electrons. The number of amides is 3. The molecule has 230 valence electrons. The summed E-state index contributed by atoms with van der Waals surface area (Å²) in [7, 11) is 0. The van der Waals surface area contributed by atoms with Gasteiger partial charge in [0.25, 0.3) is 0 Å². The average Bonchev–Trinajstić information content (AvgIpc) is 3.49. The number of ether oxygens (including phenoxy) is 2. The quantitative estimate of drug-likeness (QED) is 0.138. The molecule has 1 aromatic heterocycles. The molecule has 0 bridgehead atoms. The highest BCUT2D eigenvalue weighted by atomic mass is 16.6. The first kappa shape index (κ1) is 32.8. The summed E-state index contributed by atoms with van der Waals surface area (Å²) in [6.45, 7) is 7.92. The van der Waals surface area contributed by atoms with Gasteiger partial charge in [-0.05, 0) is 48.4 Å². The van der Waals surface area contributed by atoms with Gasteiger partial charge in [0.05, 0.1) is 18.8 Å². The van der Waals surface area contributed by atoms with Crippen molar-refractivity contribution in [3.8, 4) is 0 Å². The molecule has 0 aliphatic rings. The zero-order valence-corrected chi connectivity index (χ0v) is 24.6. The fraction of sp³-hybridized carbons (Fsp3) is 0.387. The monoisotopic (exact) mass is 592 g/mol. The number of alkyl carbamates (subject to hydrolysis) is 2. The number of aromatic nitrogens is 3. The van der Waals surface area contributed by atoms with Crippen LogP contribution in [0.15, 0.2) is 73.4 Å². The molecule has 0 saturated heterocycles. The molecule has 2 atom stereocenters. The Morgan fingerprint density at radius 1 is 1.00 bits per heavy atom. The van der Waals surface area contributed by atoms with Crippen molar-refractivity contribution in [1.82, 2.24) is 25.6 Å². The molecule has 4 N–H and O–H groups in total. The van der Waals surface area contributed by atoms with E-state index in [1.54, 1.807) is 30.5 Å². The fourth-order valence-corrected chi connectivity index (χ4v) is 4.20. The van der Waals surface area contributed by atoms with E-state index in [2.05, 4.69) is 32.8 Å². The fourth-order valence-electron chi connectivity index (χ4n) is 4.20. The van der Waals surface area contributed by atoms with Crippen molar-refractivity contribution in [3.05, 3.63) is 90.3 Å². The largest absolute Gasteiger partial charge is 0.445 e. The molecule has 0 fully saturated rings. The summed E-state index contributed by atoms with van der Waals surface area (Å²) in [5.74, 6) is -0.346. The Hall–Kier alpha value is -4.71. The Bertz CT molecular complexity index is 1310. The first-order valence-corrected chi connectivity index (χ1v) is 14.2. The topological polar surface area (TPSA) is 157 Å². The summed E-state index contributed by atoms with van der Waals surface area (Å²) < 4.78 is 11.8.